The summed E-state index contributed by atoms with van der Waals surface area (Å²) in [5.74, 6) is -1.14. The number of hydrogen-bond donors (Lipinski definition) is 2. The summed E-state index contributed by atoms with van der Waals surface area (Å²) in [6.45, 7) is 5.30. The molecule has 0 unspecified atom stereocenters. The van der Waals surface area contributed by atoms with E-state index >= 15 is 0 Å². The molecule has 0 fully saturated rings. The monoisotopic (exact) mass is 263 g/mol. The van der Waals surface area contributed by atoms with E-state index in [0.29, 0.717) is 17.1 Å². The van der Waals surface area contributed by atoms with Crippen molar-refractivity contribution in [3.8, 4) is 5.75 Å². The van der Waals surface area contributed by atoms with Crippen LogP contribution >= 0.6 is 0 Å². The SMILES string of the molecule is COc1ccc(C)cc1NC(=O)C(=O)NN=C(C)C. The number of carbonyl (C=O) groups excluding carboxylic acids is 2. The number of ether oxygens (including phenoxy) is 1. The van der Waals surface area contributed by atoms with Crippen LogP contribution in [0.1, 0.15) is 19.4 Å². The number of hydrogen-bond acceptors (Lipinski definition) is 4. The minimum absolute atomic E-state index is 0.444. The third-order valence-electron chi connectivity index (χ3n) is 2.19. The molecule has 2 amide bonds. The molecule has 0 aliphatic heterocycles. The Morgan fingerprint density at radius 1 is 1.21 bits per heavy atom. The number of aryl methyl sites for hydroxylation is 1. The summed E-state index contributed by atoms with van der Waals surface area (Å²) in [5.41, 5.74) is 4.19. The highest BCUT2D eigenvalue weighted by Gasteiger charge is 2.15. The van der Waals surface area contributed by atoms with Gasteiger partial charge in [0.25, 0.3) is 0 Å². The number of anilines is 1. The molecule has 19 heavy (non-hydrogen) atoms. The van der Waals surface area contributed by atoms with Gasteiger partial charge in [0.2, 0.25) is 0 Å². The van der Waals surface area contributed by atoms with Crippen LogP contribution in [-0.2, 0) is 9.59 Å². The molecule has 102 valence electrons. The first kappa shape index (κ1) is 14.7. The molecule has 0 aromatic heterocycles. The number of amides is 2. The summed E-state index contributed by atoms with van der Waals surface area (Å²) >= 11 is 0. The van der Waals surface area contributed by atoms with E-state index in [9.17, 15) is 9.59 Å². The van der Waals surface area contributed by atoms with E-state index in [2.05, 4.69) is 15.8 Å². The summed E-state index contributed by atoms with van der Waals surface area (Å²) in [6.07, 6.45) is 0. The van der Waals surface area contributed by atoms with Crippen molar-refractivity contribution < 1.29 is 14.3 Å². The van der Waals surface area contributed by atoms with Crippen LogP contribution in [0.25, 0.3) is 0 Å². The second-order valence-corrected chi connectivity index (χ2v) is 4.16. The first-order chi connectivity index (χ1) is 8.93. The lowest BCUT2D eigenvalue weighted by Gasteiger charge is -2.10. The molecule has 0 aliphatic carbocycles. The number of rotatable bonds is 3. The molecule has 1 aromatic rings. The molecule has 0 spiro atoms. The highest BCUT2D eigenvalue weighted by molar-refractivity contribution is 6.39. The van der Waals surface area contributed by atoms with Crippen molar-refractivity contribution >= 4 is 23.2 Å². The van der Waals surface area contributed by atoms with Gasteiger partial charge >= 0.3 is 11.8 Å². The van der Waals surface area contributed by atoms with Gasteiger partial charge in [-0.25, -0.2) is 5.43 Å². The number of benzene rings is 1. The van der Waals surface area contributed by atoms with E-state index in [-0.39, 0.29) is 0 Å². The number of nitrogens with one attached hydrogen (secondary N) is 2. The number of carbonyl (C=O) groups is 2. The van der Waals surface area contributed by atoms with Crippen LogP contribution < -0.4 is 15.5 Å². The van der Waals surface area contributed by atoms with E-state index in [1.165, 1.54) is 7.11 Å². The Hall–Kier alpha value is -2.37. The zero-order chi connectivity index (χ0) is 14.4. The van der Waals surface area contributed by atoms with Gasteiger partial charge in [-0.05, 0) is 38.5 Å². The standard InChI is InChI=1S/C13H17N3O3/c1-8(2)15-16-13(18)12(17)14-10-7-9(3)5-6-11(10)19-4/h5-7H,1-4H3,(H,14,17)(H,16,18). The zero-order valence-electron chi connectivity index (χ0n) is 11.4. The second kappa shape index (κ2) is 6.53. The van der Waals surface area contributed by atoms with Crippen LogP contribution in [0.4, 0.5) is 5.69 Å². The molecule has 0 bridgehead atoms. The van der Waals surface area contributed by atoms with Gasteiger partial charge in [-0.3, -0.25) is 9.59 Å². The first-order valence-corrected chi connectivity index (χ1v) is 5.71. The number of nitrogens with zero attached hydrogens (tertiary/aromatic N) is 1. The van der Waals surface area contributed by atoms with E-state index in [0.717, 1.165) is 5.56 Å². The fraction of sp³-hybridized carbons (Fsp3) is 0.308. The number of hydrazone groups is 1. The van der Waals surface area contributed by atoms with E-state index in [1.54, 1.807) is 26.0 Å². The Labute approximate surface area is 111 Å². The fourth-order valence-corrected chi connectivity index (χ4v) is 1.31. The van der Waals surface area contributed by atoms with E-state index in [4.69, 9.17) is 4.74 Å². The Morgan fingerprint density at radius 3 is 2.47 bits per heavy atom. The van der Waals surface area contributed by atoms with Gasteiger partial charge in [-0.15, -0.1) is 0 Å². The highest BCUT2D eigenvalue weighted by Crippen LogP contribution is 2.24. The molecule has 0 saturated heterocycles. The molecule has 0 heterocycles. The van der Waals surface area contributed by atoms with Crippen molar-refractivity contribution in [3.63, 3.8) is 0 Å². The van der Waals surface area contributed by atoms with Crippen molar-refractivity contribution in [1.82, 2.24) is 5.43 Å². The smallest absolute Gasteiger partial charge is 0.329 e. The zero-order valence-corrected chi connectivity index (χ0v) is 11.4. The van der Waals surface area contributed by atoms with Crippen LogP contribution in [-0.4, -0.2) is 24.6 Å². The lowest BCUT2D eigenvalue weighted by Crippen LogP contribution is -2.32. The predicted molar refractivity (Wildman–Crippen MR) is 73.3 cm³/mol. The van der Waals surface area contributed by atoms with Gasteiger partial charge < -0.3 is 10.1 Å². The molecule has 2 N–H and O–H groups in total. The average Bonchev–Trinajstić information content (AvgIpc) is 2.36. The molecule has 1 aromatic carbocycles. The van der Waals surface area contributed by atoms with Crippen molar-refractivity contribution in [2.45, 2.75) is 20.8 Å². The van der Waals surface area contributed by atoms with Crippen LogP contribution in [0.2, 0.25) is 0 Å². The minimum atomic E-state index is -0.829. The Balaban J connectivity index is 2.79. The summed E-state index contributed by atoms with van der Waals surface area (Å²) < 4.78 is 5.11. The van der Waals surface area contributed by atoms with Crippen molar-refractivity contribution in [2.75, 3.05) is 12.4 Å². The van der Waals surface area contributed by atoms with Gasteiger partial charge in [0.15, 0.2) is 0 Å². The maximum atomic E-state index is 11.7. The average molecular weight is 263 g/mol. The normalized spacial score (nSPS) is 9.47. The third-order valence-corrected chi connectivity index (χ3v) is 2.19. The fourth-order valence-electron chi connectivity index (χ4n) is 1.31. The molecule has 6 nitrogen and oxygen atoms in total. The predicted octanol–water partition coefficient (Wildman–Crippen LogP) is 1.45. The van der Waals surface area contributed by atoms with Gasteiger partial charge in [-0.2, -0.15) is 5.10 Å². The van der Waals surface area contributed by atoms with Crippen LogP contribution in [0, 0.1) is 6.92 Å². The van der Waals surface area contributed by atoms with Gasteiger partial charge in [0.1, 0.15) is 5.75 Å². The summed E-state index contributed by atoms with van der Waals surface area (Å²) in [4.78, 5) is 23.1. The molecular weight excluding hydrogens is 246 g/mol. The van der Waals surface area contributed by atoms with Crippen LogP contribution in [0.5, 0.6) is 5.75 Å². The molecule has 1 rings (SSSR count). The minimum Gasteiger partial charge on any atom is -0.495 e. The first-order valence-electron chi connectivity index (χ1n) is 5.71. The van der Waals surface area contributed by atoms with Crippen molar-refractivity contribution in [3.05, 3.63) is 23.8 Å². The maximum absolute atomic E-state index is 11.7. The molecule has 0 radical (unpaired) electrons. The van der Waals surface area contributed by atoms with Crippen molar-refractivity contribution in [2.24, 2.45) is 5.10 Å². The molecule has 0 saturated carbocycles. The topological polar surface area (TPSA) is 79.8 Å². The maximum Gasteiger partial charge on any atom is 0.329 e. The Morgan fingerprint density at radius 2 is 1.89 bits per heavy atom. The summed E-state index contributed by atoms with van der Waals surface area (Å²) in [5, 5.41) is 6.15. The largest absolute Gasteiger partial charge is 0.495 e. The molecular formula is C13H17N3O3. The third kappa shape index (κ3) is 4.42. The lowest BCUT2D eigenvalue weighted by atomic mass is 10.2. The Kier molecular flexibility index (Phi) is 5.05. The quantitative estimate of drug-likeness (QED) is 0.492. The summed E-state index contributed by atoms with van der Waals surface area (Å²) in [6, 6.07) is 5.29. The van der Waals surface area contributed by atoms with Gasteiger partial charge in [0, 0.05) is 5.71 Å². The number of methoxy groups -OCH3 is 1. The van der Waals surface area contributed by atoms with Crippen molar-refractivity contribution in [1.29, 1.82) is 0 Å². The van der Waals surface area contributed by atoms with Crippen LogP contribution in [0.3, 0.4) is 0 Å². The second-order valence-electron chi connectivity index (χ2n) is 4.16. The van der Waals surface area contributed by atoms with E-state index < -0.39 is 11.8 Å². The molecule has 6 heteroatoms. The van der Waals surface area contributed by atoms with Gasteiger partial charge in [-0.1, -0.05) is 6.07 Å². The lowest BCUT2D eigenvalue weighted by molar-refractivity contribution is -0.136. The van der Waals surface area contributed by atoms with Crippen LogP contribution in [0.15, 0.2) is 23.3 Å². The van der Waals surface area contributed by atoms with E-state index in [1.807, 2.05) is 13.0 Å². The molecule has 0 aliphatic rings. The molecule has 0 atom stereocenters. The summed E-state index contributed by atoms with van der Waals surface area (Å²) in [7, 11) is 1.49. The Bertz CT molecular complexity index is 520. The van der Waals surface area contributed by atoms with Gasteiger partial charge in [0.05, 0.1) is 12.8 Å². The highest BCUT2D eigenvalue weighted by atomic mass is 16.5.